The molecule has 22 heavy (non-hydrogen) atoms. The molecule has 0 spiro atoms. The lowest BCUT2D eigenvalue weighted by molar-refractivity contribution is -0.139. The first kappa shape index (κ1) is 15.1. The molecule has 2 aliphatic carbocycles. The number of amides is 1. The molecule has 6 nitrogen and oxygen atoms in total. The van der Waals surface area contributed by atoms with E-state index in [-0.39, 0.29) is 24.5 Å². The van der Waals surface area contributed by atoms with Crippen molar-refractivity contribution in [1.82, 2.24) is 14.8 Å². The van der Waals surface area contributed by atoms with E-state index in [4.69, 9.17) is 5.11 Å². The van der Waals surface area contributed by atoms with Gasteiger partial charge in [-0.1, -0.05) is 0 Å². The van der Waals surface area contributed by atoms with Crippen LogP contribution in [0.25, 0.3) is 0 Å². The number of nitrogens with zero attached hydrogens (tertiary/aromatic N) is 2. The molecular weight excluding hydrogens is 282 g/mol. The van der Waals surface area contributed by atoms with Gasteiger partial charge in [0.2, 0.25) is 0 Å². The average molecular weight is 305 g/mol. The van der Waals surface area contributed by atoms with E-state index in [9.17, 15) is 9.59 Å². The monoisotopic (exact) mass is 305 g/mol. The maximum Gasteiger partial charge on any atom is 0.317 e. The lowest BCUT2D eigenvalue weighted by Gasteiger charge is -2.42. The highest BCUT2D eigenvalue weighted by Crippen LogP contribution is 2.33. The summed E-state index contributed by atoms with van der Waals surface area (Å²) in [6.07, 6.45) is 5.97. The lowest BCUT2D eigenvalue weighted by Crippen LogP contribution is -2.55. The van der Waals surface area contributed by atoms with Gasteiger partial charge in [0.1, 0.15) is 5.69 Å². The van der Waals surface area contributed by atoms with Gasteiger partial charge in [0.25, 0.3) is 5.91 Å². The van der Waals surface area contributed by atoms with Crippen molar-refractivity contribution in [3.63, 3.8) is 0 Å². The number of rotatable bonds is 7. The molecule has 3 rings (SSSR count). The number of carboxylic acids is 1. The van der Waals surface area contributed by atoms with Gasteiger partial charge in [-0.3, -0.25) is 14.5 Å². The second kappa shape index (κ2) is 6.12. The Hall–Kier alpha value is -1.82. The Labute approximate surface area is 130 Å². The lowest BCUT2D eigenvalue weighted by atomic mass is 9.85. The van der Waals surface area contributed by atoms with Crippen LogP contribution < -0.4 is 5.32 Å². The van der Waals surface area contributed by atoms with Crippen LogP contribution in [0.5, 0.6) is 0 Å². The molecule has 0 aliphatic heterocycles. The van der Waals surface area contributed by atoms with E-state index in [1.54, 1.807) is 10.6 Å². The van der Waals surface area contributed by atoms with Crippen molar-refractivity contribution in [2.75, 3.05) is 13.1 Å². The highest BCUT2D eigenvalue weighted by atomic mass is 16.4. The molecule has 0 unspecified atom stereocenters. The zero-order valence-corrected chi connectivity index (χ0v) is 12.9. The number of nitrogens with one attached hydrogen (secondary N) is 1. The van der Waals surface area contributed by atoms with E-state index in [0.29, 0.717) is 11.6 Å². The van der Waals surface area contributed by atoms with Crippen molar-refractivity contribution in [1.29, 1.82) is 0 Å². The van der Waals surface area contributed by atoms with Gasteiger partial charge >= 0.3 is 5.97 Å². The third-order valence-corrected chi connectivity index (χ3v) is 4.67. The Kier molecular flexibility index (Phi) is 4.20. The van der Waals surface area contributed by atoms with Gasteiger partial charge in [0, 0.05) is 31.9 Å². The molecule has 0 radical (unpaired) electrons. The second-order valence-electron chi connectivity index (χ2n) is 6.57. The van der Waals surface area contributed by atoms with E-state index in [0.717, 1.165) is 19.4 Å². The van der Waals surface area contributed by atoms with Crippen molar-refractivity contribution in [2.45, 2.75) is 37.8 Å². The summed E-state index contributed by atoms with van der Waals surface area (Å²) in [5.74, 6) is -0.142. The number of carbonyl (C=O) groups excluding carboxylic acids is 1. The van der Waals surface area contributed by atoms with Crippen LogP contribution in [0.3, 0.4) is 0 Å². The minimum absolute atomic E-state index is 0.0528. The van der Waals surface area contributed by atoms with Gasteiger partial charge in [-0.15, -0.1) is 0 Å². The van der Waals surface area contributed by atoms with E-state index in [1.165, 1.54) is 12.8 Å². The molecule has 1 aromatic heterocycles. The Morgan fingerprint density at radius 2 is 2.14 bits per heavy atom. The van der Waals surface area contributed by atoms with Crippen molar-refractivity contribution >= 4 is 11.9 Å². The smallest absolute Gasteiger partial charge is 0.317 e. The summed E-state index contributed by atoms with van der Waals surface area (Å²) in [5.41, 5.74) is 0.656. The number of aliphatic carboxylic acids is 1. The molecule has 2 saturated carbocycles. The molecule has 0 aromatic carbocycles. The maximum absolute atomic E-state index is 12.1. The summed E-state index contributed by atoms with van der Waals surface area (Å²) in [4.78, 5) is 25.2. The standard InChI is InChI=1S/C16H23N3O3/c1-18-6-2-3-14(18)16(22)17-12-7-13(8-12)19(10-15(20)21)9-11-4-5-11/h2-3,6,11-13H,4-5,7-10H2,1H3,(H,17,22)(H,20,21). The van der Waals surface area contributed by atoms with Crippen molar-refractivity contribution in [2.24, 2.45) is 13.0 Å². The van der Waals surface area contributed by atoms with Crippen LogP contribution in [-0.2, 0) is 11.8 Å². The zero-order valence-electron chi connectivity index (χ0n) is 12.9. The maximum atomic E-state index is 12.1. The summed E-state index contributed by atoms with van der Waals surface area (Å²) in [5, 5.41) is 12.1. The highest BCUT2D eigenvalue weighted by molar-refractivity contribution is 5.93. The Balaban J connectivity index is 1.48. The molecular formula is C16H23N3O3. The predicted octanol–water partition coefficient (Wildman–Crippen LogP) is 1.08. The molecule has 2 aliphatic rings. The Morgan fingerprint density at radius 1 is 1.41 bits per heavy atom. The van der Waals surface area contributed by atoms with Crippen molar-refractivity contribution in [3.8, 4) is 0 Å². The SMILES string of the molecule is Cn1cccc1C(=O)NC1CC(N(CC(=O)O)CC2CC2)C1. The van der Waals surface area contributed by atoms with Gasteiger partial charge in [0.15, 0.2) is 0 Å². The van der Waals surface area contributed by atoms with Crippen LogP contribution in [0, 0.1) is 5.92 Å². The Bertz CT molecular complexity index is 559. The predicted molar refractivity (Wildman–Crippen MR) is 81.6 cm³/mol. The summed E-state index contributed by atoms with van der Waals surface area (Å²) in [6.45, 7) is 0.995. The van der Waals surface area contributed by atoms with Crippen LogP contribution in [0.4, 0.5) is 0 Å². The minimum atomic E-state index is -0.767. The van der Waals surface area contributed by atoms with Crippen LogP contribution in [0.2, 0.25) is 0 Å². The van der Waals surface area contributed by atoms with E-state index in [2.05, 4.69) is 10.2 Å². The fraction of sp³-hybridized carbons (Fsp3) is 0.625. The largest absolute Gasteiger partial charge is 0.480 e. The van der Waals surface area contributed by atoms with E-state index >= 15 is 0 Å². The quantitative estimate of drug-likeness (QED) is 0.790. The molecule has 1 aromatic rings. The zero-order chi connectivity index (χ0) is 15.7. The topological polar surface area (TPSA) is 74.6 Å². The summed E-state index contributed by atoms with van der Waals surface area (Å²) < 4.78 is 1.80. The number of hydrogen-bond acceptors (Lipinski definition) is 3. The van der Waals surface area contributed by atoms with Crippen LogP contribution in [-0.4, -0.2) is 51.6 Å². The molecule has 6 heteroatoms. The van der Waals surface area contributed by atoms with Crippen molar-refractivity contribution in [3.05, 3.63) is 24.0 Å². The average Bonchev–Trinajstić information content (AvgIpc) is 3.11. The first-order valence-corrected chi connectivity index (χ1v) is 7.91. The molecule has 2 fully saturated rings. The number of hydrogen-bond donors (Lipinski definition) is 2. The van der Waals surface area contributed by atoms with Crippen LogP contribution in [0.15, 0.2) is 18.3 Å². The molecule has 0 bridgehead atoms. The summed E-state index contributed by atoms with van der Waals surface area (Å²) in [6, 6.07) is 4.09. The normalized spacial score (nSPS) is 24.1. The third-order valence-electron chi connectivity index (χ3n) is 4.67. The minimum Gasteiger partial charge on any atom is -0.480 e. The van der Waals surface area contributed by atoms with Crippen LogP contribution >= 0.6 is 0 Å². The first-order chi connectivity index (χ1) is 10.5. The number of carboxylic acid groups (broad SMARTS) is 1. The summed E-state index contributed by atoms with van der Waals surface area (Å²) >= 11 is 0. The number of aromatic nitrogens is 1. The highest BCUT2D eigenvalue weighted by Gasteiger charge is 2.37. The van der Waals surface area contributed by atoms with Crippen LogP contribution in [0.1, 0.15) is 36.2 Å². The Morgan fingerprint density at radius 3 is 2.68 bits per heavy atom. The third kappa shape index (κ3) is 3.50. The van der Waals surface area contributed by atoms with Gasteiger partial charge < -0.3 is 15.0 Å². The molecule has 0 atom stereocenters. The van der Waals surface area contributed by atoms with E-state index in [1.807, 2.05) is 19.3 Å². The fourth-order valence-corrected chi connectivity index (χ4v) is 3.11. The molecule has 0 saturated heterocycles. The van der Waals surface area contributed by atoms with Gasteiger partial charge in [-0.2, -0.15) is 0 Å². The van der Waals surface area contributed by atoms with E-state index < -0.39 is 5.97 Å². The number of aryl methyl sites for hydroxylation is 1. The second-order valence-corrected chi connectivity index (χ2v) is 6.57. The van der Waals surface area contributed by atoms with Gasteiger partial charge in [0.05, 0.1) is 6.54 Å². The summed E-state index contributed by atoms with van der Waals surface area (Å²) in [7, 11) is 1.85. The fourth-order valence-electron chi connectivity index (χ4n) is 3.11. The molecule has 120 valence electrons. The molecule has 1 amide bonds. The first-order valence-electron chi connectivity index (χ1n) is 7.91. The van der Waals surface area contributed by atoms with Gasteiger partial charge in [-0.05, 0) is 43.7 Å². The van der Waals surface area contributed by atoms with Crippen molar-refractivity contribution < 1.29 is 14.7 Å². The molecule has 2 N–H and O–H groups in total. The number of carbonyl (C=O) groups is 2. The molecule has 1 heterocycles. The van der Waals surface area contributed by atoms with Gasteiger partial charge in [-0.25, -0.2) is 0 Å².